The summed E-state index contributed by atoms with van der Waals surface area (Å²) in [7, 11) is 1.28. The number of aromatic nitrogens is 1. The van der Waals surface area contributed by atoms with E-state index in [1.54, 1.807) is 12.3 Å². The van der Waals surface area contributed by atoms with Gasteiger partial charge in [0.15, 0.2) is 10.8 Å². The van der Waals surface area contributed by atoms with Crippen LogP contribution in [0, 0.1) is 5.82 Å². The number of nitrogens with one attached hydrogen (secondary N) is 1. The molecule has 2 aromatic rings. The first-order valence-electron chi connectivity index (χ1n) is 7.12. The number of rotatable bonds is 4. The number of alkyl halides is 1. The van der Waals surface area contributed by atoms with Gasteiger partial charge in [-0.15, -0.1) is 11.3 Å². The van der Waals surface area contributed by atoms with E-state index in [0.717, 1.165) is 0 Å². The summed E-state index contributed by atoms with van der Waals surface area (Å²) >= 11 is 10.9. The van der Waals surface area contributed by atoms with Crippen molar-refractivity contribution in [1.82, 2.24) is 10.3 Å². The van der Waals surface area contributed by atoms with E-state index in [4.69, 9.17) is 16.3 Å². The second kappa shape index (κ2) is 7.63. The minimum Gasteiger partial charge on any atom is -0.466 e. The molecule has 1 aliphatic heterocycles. The van der Waals surface area contributed by atoms with Crippen LogP contribution in [0.5, 0.6) is 0 Å². The van der Waals surface area contributed by atoms with Crippen molar-refractivity contribution in [3.05, 3.63) is 62.5 Å². The van der Waals surface area contributed by atoms with Crippen LogP contribution in [0.15, 0.2) is 46.0 Å². The van der Waals surface area contributed by atoms with Crippen LogP contribution in [0.4, 0.5) is 4.39 Å². The average Bonchev–Trinajstić information content (AvgIpc) is 3.17. The number of allylic oxidation sites excluding steroid dienone is 1. The zero-order valence-electron chi connectivity index (χ0n) is 12.9. The first-order chi connectivity index (χ1) is 12.1. The maximum atomic E-state index is 13.9. The molecule has 1 aromatic carbocycles. The van der Waals surface area contributed by atoms with Crippen LogP contribution in [-0.2, 0) is 9.53 Å². The largest absolute Gasteiger partial charge is 0.466 e. The SMILES string of the molecule is COC(=O)C1=C(CBr)NC(c2nccs2)=NC1c1cccc(F)c1Cl. The van der Waals surface area contributed by atoms with E-state index in [2.05, 4.69) is 31.2 Å². The van der Waals surface area contributed by atoms with Crippen molar-refractivity contribution in [2.24, 2.45) is 4.99 Å². The van der Waals surface area contributed by atoms with Crippen LogP contribution in [0.2, 0.25) is 5.02 Å². The molecule has 25 heavy (non-hydrogen) atoms. The lowest BCUT2D eigenvalue weighted by atomic mass is 9.96. The Balaban J connectivity index is 2.19. The number of thiazole rings is 1. The Kier molecular flexibility index (Phi) is 5.51. The average molecular weight is 445 g/mol. The molecule has 0 spiro atoms. The van der Waals surface area contributed by atoms with Gasteiger partial charge in [-0.3, -0.25) is 4.99 Å². The number of nitrogens with zero attached hydrogens (tertiary/aromatic N) is 2. The van der Waals surface area contributed by atoms with Crippen molar-refractivity contribution < 1.29 is 13.9 Å². The highest BCUT2D eigenvalue weighted by Crippen LogP contribution is 2.37. The van der Waals surface area contributed by atoms with Gasteiger partial charge in [-0.05, 0) is 6.07 Å². The Morgan fingerprint density at radius 1 is 1.52 bits per heavy atom. The van der Waals surface area contributed by atoms with Crippen LogP contribution >= 0.6 is 38.9 Å². The third kappa shape index (κ3) is 3.47. The third-order valence-corrected chi connectivity index (χ3v) is 5.32. The van der Waals surface area contributed by atoms with Gasteiger partial charge in [0, 0.05) is 28.2 Å². The molecule has 1 aliphatic rings. The van der Waals surface area contributed by atoms with Crippen molar-refractivity contribution in [2.45, 2.75) is 6.04 Å². The molecule has 0 radical (unpaired) electrons. The van der Waals surface area contributed by atoms with Gasteiger partial charge in [-0.2, -0.15) is 0 Å². The zero-order chi connectivity index (χ0) is 18.0. The number of methoxy groups -OCH3 is 1. The van der Waals surface area contributed by atoms with E-state index in [-0.39, 0.29) is 10.6 Å². The predicted octanol–water partition coefficient (Wildman–Crippen LogP) is 3.85. The number of carbonyl (C=O) groups is 1. The van der Waals surface area contributed by atoms with Gasteiger partial charge < -0.3 is 10.1 Å². The maximum Gasteiger partial charge on any atom is 0.338 e. The normalized spacial score (nSPS) is 17.1. The Morgan fingerprint density at radius 2 is 2.32 bits per heavy atom. The Morgan fingerprint density at radius 3 is 2.96 bits per heavy atom. The number of hydrogen-bond donors (Lipinski definition) is 1. The van der Waals surface area contributed by atoms with Crippen molar-refractivity contribution in [3.63, 3.8) is 0 Å². The number of hydrogen-bond acceptors (Lipinski definition) is 6. The molecule has 0 bridgehead atoms. The Labute approximate surface area is 160 Å². The van der Waals surface area contributed by atoms with Crippen LogP contribution in [0.25, 0.3) is 0 Å². The van der Waals surface area contributed by atoms with Gasteiger partial charge in [0.25, 0.3) is 0 Å². The zero-order valence-corrected chi connectivity index (χ0v) is 16.1. The summed E-state index contributed by atoms with van der Waals surface area (Å²) in [6.07, 6.45) is 1.65. The molecule has 2 heterocycles. The number of carbonyl (C=O) groups excluding carboxylic acids is 1. The van der Waals surface area contributed by atoms with Crippen LogP contribution < -0.4 is 5.32 Å². The van der Waals surface area contributed by atoms with Crippen molar-refractivity contribution >= 4 is 50.7 Å². The van der Waals surface area contributed by atoms with Gasteiger partial charge in [0.1, 0.15) is 11.9 Å². The molecule has 130 valence electrons. The monoisotopic (exact) mass is 443 g/mol. The minimum atomic E-state index is -0.802. The Hall–Kier alpha value is -1.77. The molecule has 0 saturated carbocycles. The third-order valence-electron chi connectivity index (χ3n) is 3.58. The number of benzene rings is 1. The van der Waals surface area contributed by atoms with E-state index in [0.29, 0.717) is 27.4 Å². The smallest absolute Gasteiger partial charge is 0.338 e. The van der Waals surface area contributed by atoms with Gasteiger partial charge in [-0.1, -0.05) is 39.7 Å². The number of aliphatic imine (C=N–C) groups is 1. The second-order valence-corrected chi connectivity index (χ2v) is 6.84. The maximum absolute atomic E-state index is 13.9. The van der Waals surface area contributed by atoms with E-state index in [9.17, 15) is 9.18 Å². The molecule has 9 heteroatoms. The number of ether oxygens (including phenoxy) is 1. The summed E-state index contributed by atoms with van der Waals surface area (Å²) in [6, 6.07) is 3.62. The van der Waals surface area contributed by atoms with Crippen LogP contribution in [0.3, 0.4) is 0 Å². The molecule has 1 unspecified atom stereocenters. The first kappa shape index (κ1) is 18.0. The summed E-state index contributed by atoms with van der Waals surface area (Å²) in [5, 5.41) is 5.84. The fraction of sp³-hybridized carbons (Fsp3) is 0.188. The van der Waals surface area contributed by atoms with Crippen LogP contribution in [-0.4, -0.2) is 29.2 Å². The van der Waals surface area contributed by atoms with E-state index >= 15 is 0 Å². The number of esters is 1. The molecular formula is C16H12BrClFN3O2S. The summed E-state index contributed by atoms with van der Waals surface area (Å²) in [6.45, 7) is 0. The first-order valence-corrected chi connectivity index (χ1v) is 9.50. The molecule has 1 atom stereocenters. The predicted molar refractivity (Wildman–Crippen MR) is 98.8 cm³/mol. The lowest BCUT2D eigenvalue weighted by molar-refractivity contribution is -0.136. The summed E-state index contributed by atoms with van der Waals surface area (Å²) in [5.74, 6) is -0.648. The lowest BCUT2D eigenvalue weighted by Gasteiger charge is -2.26. The number of amidine groups is 1. The topological polar surface area (TPSA) is 63.6 Å². The van der Waals surface area contributed by atoms with E-state index in [1.807, 2.05) is 5.38 Å². The van der Waals surface area contributed by atoms with E-state index in [1.165, 1.54) is 30.6 Å². The van der Waals surface area contributed by atoms with Crippen molar-refractivity contribution in [3.8, 4) is 0 Å². The van der Waals surface area contributed by atoms with Gasteiger partial charge in [0.2, 0.25) is 0 Å². The fourth-order valence-corrected chi connectivity index (χ4v) is 3.72. The summed E-state index contributed by atoms with van der Waals surface area (Å²) in [4.78, 5) is 21.1. The van der Waals surface area contributed by atoms with Gasteiger partial charge in [0.05, 0.1) is 17.7 Å². The minimum absolute atomic E-state index is 0.0769. The molecule has 5 nitrogen and oxygen atoms in total. The molecule has 0 amide bonds. The van der Waals surface area contributed by atoms with Crippen molar-refractivity contribution in [2.75, 3.05) is 12.4 Å². The second-order valence-electron chi connectivity index (χ2n) is 5.00. The van der Waals surface area contributed by atoms with Gasteiger partial charge >= 0.3 is 5.97 Å². The lowest BCUT2D eigenvalue weighted by Crippen LogP contribution is -2.34. The molecule has 0 aliphatic carbocycles. The fourth-order valence-electron chi connectivity index (χ4n) is 2.46. The number of halogens is 3. The standard InChI is InChI=1S/C16H12BrClFN3O2S/c1-24-16(23)11-10(7-17)21-14(15-20-5-6-25-15)22-13(11)8-3-2-4-9(19)12(8)18/h2-6,13H,7H2,1H3,(H,21,22). The van der Waals surface area contributed by atoms with Gasteiger partial charge in [-0.25, -0.2) is 14.2 Å². The molecule has 1 aromatic heterocycles. The highest BCUT2D eigenvalue weighted by atomic mass is 79.9. The molecular weight excluding hydrogens is 433 g/mol. The highest BCUT2D eigenvalue weighted by Gasteiger charge is 2.33. The molecule has 0 saturated heterocycles. The molecule has 1 N–H and O–H groups in total. The van der Waals surface area contributed by atoms with Crippen LogP contribution in [0.1, 0.15) is 16.6 Å². The van der Waals surface area contributed by atoms with E-state index < -0.39 is 17.8 Å². The molecule has 3 rings (SSSR count). The highest BCUT2D eigenvalue weighted by molar-refractivity contribution is 9.09. The molecule has 0 fully saturated rings. The Bertz CT molecular complexity index is 870. The quantitative estimate of drug-likeness (QED) is 0.575. The summed E-state index contributed by atoms with van der Waals surface area (Å²) in [5.41, 5.74) is 1.22. The summed E-state index contributed by atoms with van der Waals surface area (Å²) < 4.78 is 18.8. The van der Waals surface area contributed by atoms with Crippen molar-refractivity contribution in [1.29, 1.82) is 0 Å².